The molecule has 1 aromatic carbocycles. The van der Waals surface area contributed by atoms with E-state index in [0.717, 1.165) is 12.8 Å². The normalized spacial score (nSPS) is 13.9. The molecule has 1 aliphatic rings. The number of amides is 3. The van der Waals surface area contributed by atoms with E-state index in [9.17, 15) is 14.4 Å². The maximum Gasteiger partial charge on any atom is 0.271 e. The molecule has 134 valence electrons. The zero-order chi connectivity index (χ0) is 18.2. The highest BCUT2D eigenvalue weighted by molar-refractivity contribution is 8.23. The third-order valence-corrected chi connectivity index (χ3v) is 5.32. The van der Waals surface area contributed by atoms with E-state index in [1.165, 1.54) is 11.8 Å². The first-order chi connectivity index (χ1) is 12.0. The van der Waals surface area contributed by atoms with Gasteiger partial charge in [-0.15, -0.1) is 0 Å². The standard InChI is InChI=1S/C16H18ClN3O3S2/c17-12-7-4-3-6-11(12)15(23)19-18-13(21)8-2-1-5-9-20-14(22)10-25-16(20)24/h3-4,6-7H,1-2,5,8-10H2,(H,18,21)(H,19,23). The van der Waals surface area contributed by atoms with Crippen LogP contribution in [0.15, 0.2) is 24.3 Å². The number of rotatable bonds is 7. The number of carbonyl (C=O) groups is 3. The predicted octanol–water partition coefficient (Wildman–Crippen LogP) is 2.52. The van der Waals surface area contributed by atoms with Crippen molar-refractivity contribution in [2.24, 2.45) is 0 Å². The number of unbranched alkanes of at least 4 members (excludes halogenated alkanes) is 2. The summed E-state index contributed by atoms with van der Waals surface area (Å²) in [6, 6.07) is 6.59. The SMILES string of the molecule is O=C(CCCCCN1C(=O)CSC1=S)NNC(=O)c1ccccc1Cl. The number of thiocarbonyl (C=S) groups is 1. The van der Waals surface area contributed by atoms with Crippen molar-refractivity contribution >= 4 is 57.6 Å². The second-order valence-electron chi connectivity index (χ2n) is 5.39. The van der Waals surface area contributed by atoms with Gasteiger partial charge in [-0.1, -0.05) is 54.1 Å². The summed E-state index contributed by atoms with van der Waals surface area (Å²) in [6.45, 7) is 0.593. The molecule has 0 bridgehead atoms. The molecule has 1 aromatic rings. The molecule has 0 spiro atoms. The molecule has 2 N–H and O–H groups in total. The Labute approximate surface area is 160 Å². The van der Waals surface area contributed by atoms with Crippen LogP contribution in [0, 0.1) is 0 Å². The predicted molar refractivity (Wildman–Crippen MR) is 102 cm³/mol. The van der Waals surface area contributed by atoms with Crippen LogP contribution in [-0.2, 0) is 9.59 Å². The fourth-order valence-corrected chi connectivity index (χ4v) is 3.57. The van der Waals surface area contributed by atoms with Gasteiger partial charge in [-0.3, -0.25) is 30.1 Å². The molecule has 25 heavy (non-hydrogen) atoms. The Hall–Kier alpha value is -1.64. The van der Waals surface area contributed by atoms with Crippen molar-refractivity contribution < 1.29 is 14.4 Å². The molecule has 0 aromatic heterocycles. The Morgan fingerprint density at radius 1 is 1.20 bits per heavy atom. The minimum atomic E-state index is -0.461. The number of halogens is 1. The van der Waals surface area contributed by atoms with Crippen molar-refractivity contribution in [2.75, 3.05) is 12.3 Å². The van der Waals surface area contributed by atoms with Crippen LogP contribution in [0.25, 0.3) is 0 Å². The molecule has 1 saturated heterocycles. The fourth-order valence-electron chi connectivity index (χ4n) is 2.23. The number of hydrazine groups is 1. The minimum Gasteiger partial charge on any atom is -0.297 e. The quantitative estimate of drug-likeness (QED) is 0.418. The van der Waals surface area contributed by atoms with Crippen LogP contribution < -0.4 is 10.9 Å². The summed E-state index contributed by atoms with van der Waals surface area (Å²) in [5, 5.41) is 0.321. The van der Waals surface area contributed by atoms with E-state index in [2.05, 4.69) is 10.9 Å². The van der Waals surface area contributed by atoms with Crippen LogP contribution in [0.2, 0.25) is 5.02 Å². The van der Waals surface area contributed by atoms with Gasteiger partial charge in [-0.05, 0) is 25.0 Å². The lowest BCUT2D eigenvalue weighted by atomic mass is 10.2. The summed E-state index contributed by atoms with van der Waals surface area (Å²) < 4.78 is 0.630. The Morgan fingerprint density at radius 3 is 2.64 bits per heavy atom. The maximum atomic E-state index is 11.9. The van der Waals surface area contributed by atoms with E-state index in [1.54, 1.807) is 29.2 Å². The smallest absolute Gasteiger partial charge is 0.271 e. The molecular formula is C16H18ClN3O3S2. The van der Waals surface area contributed by atoms with Gasteiger partial charge in [0.15, 0.2) is 0 Å². The number of benzene rings is 1. The number of nitrogens with one attached hydrogen (secondary N) is 2. The van der Waals surface area contributed by atoms with E-state index >= 15 is 0 Å². The van der Waals surface area contributed by atoms with E-state index < -0.39 is 5.91 Å². The maximum absolute atomic E-state index is 11.9. The van der Waals surface area contributed by atoms with Crippen molar-refractivity contribution in [3.8, 4) is 0 Å². The molecule has 0 saturated carbocycles. The van der Waals surface area contributed by atoms with Gasteiger partial charge in [0.2, 0.25) is 11.8 Å². The van der Waals surface area contributed by atoms with Crippen LogP contribution in [0.5, 0.6) is 0 Å². The lowest BCUT2D eigenvalue weighted by Crippen LogP contribution is -2.41. The molecule has 2 rings (SSSR count). The molecule has 0 radical (unpaired) electrons. The van der Waals surface area contributed by atoms with E-state index in [4.69, 9.17) is 23.8 Å². The molecular weight excluding hydrogens is 382 g/mol. The lowest BCUT2D eigenvalue weighted by molar-refractivity contribution is -0.124. The van der Waals surface area contributed by atoms with E-state index in [0.29, 0.717) is 33.6 Å². The van der Waals surface area contributed by atoms with Gasteiger partial charge in [0.05, 0.1) is 16.3 Å². The zero-order valence-corrected chi connectivity index (χ0v) is 15.8. The number of nitrogens with zero attached hydrogens (tertiary/aromatic N) is 1. The molecule has 9 heteroatoms. The van der Waals surface area contributed by atoms with Crippen LogP contribution >= 0.6 is 35.6 Å². The van der Waals surface area contributed by atoms with Gasteiger partial charge in [0.1, 0.15) is 4.32 Å². The summed E-state index contributed by atoms with van der Waals surface area (Å²) in [6.07, 6.45) is 2.53. The molecule has 0 atom stereocenters. The molecule has 3 amide bonds. The number of thioether (sulfide) groups is 1. The van der Waals surface area contributed by atoms with Crippen molar-refractivity contribution in [1.82, 2.24) is 15.8 Å². The van der Waals surface area contributed by atoms with E-state index in [-0.39, 0.29) is 18.2 Å². The third-order valence-electron chi connectivity index (χ3n) is 3.56. The summed E-state index contributed by atoms with van der Waals surface area (Å²) in [5.74, 6) is -0.261. The number of hydrogen-bond donors (Lipinski definition) is 2. The van der Waals surface area contributed by atoms with Crippen LogP contribution in [0.3, 0.4) is 0 Å². The monoisotopic (exact) mass is 399 g/mol. The van der Waals surface area contributed by atoms with Crippen molar-refractivity contribution in [3.05, 3.63) is 34.9 Å². The average molecular weight is 400 g/mol. The van der Waals surface area contributed by atoms with Gasteiger partial charge < -0.3 is 0 Å². The summed E-state index contributed by atoms with van der Waals surface area (Å²) in [5.41, 5.74) is 5.01. The van der Waals surface area contributed by atoms with Gasteiger partial charge >= 0.3 is 0 Å². The largest absolute Gasteiger partial charge is 0.297 e. The first-order valence-corrected chi connectivity index (χ1v) is 9.57. The van der Waals surface area contributed by atoms with Gasteiger partial charge in [-0.25, -0.2) is 0 Å². The average Bonchev–Trinajstić information content (AvgIpc) is 2.91. The second kappa shape index (κ2) is 9.74. The number of hydrogen-bond acceptors (Lipinski definition) is 5. The Kier molecular flexibility index (Phi) is 7.67. The first kappa shape index (κ1) is 19.7. The molecule has 0 aliphatic carbocycles. The van der Waals surface area contributed by atoms with Crippen molar-refractivity contribution in [3.63, 3.8) is 0 Å². The van der Waals surface area contributed by atoms with Gasteiger partial charge in [0, 0.05) is 13.0 Å². The molecule has 1 aliphatic heterocycles. The Bertz CT molecular complexity index is 668. The molecule has 0 unspecified atom stereocenters. The summed E-state index contributed by atoms with van der Waals surface area (Å²) in [7, 11) is 0. The summed E-state index contributed by atoms with van der Waals surface area (Å²) >= 11 is 12.4. The van der Waals surface area contributed by atoms with Gasteiger partial charge in [-0.2, -0.15) is 0 Å². The molecule has 1 heterocycles. The topological polar surface area (TPSA) is 78.5 Å². The highest BCUT2D eigenvalue weighted by atomic mass is 35.5. The zero-order valence-electron chi connectivity index (χ0n) is 13.4. The first-order valence-electron chi connectivity index (χ1n) is 7.80. The highest BCUT2D eigenvalue weighted by Crippen LogP contribution is 2.19. The fraction of sp³-hybridized carbons (Fsp3) is 0.375. The number of carbonyl (C=O) groups excluding carboxylic acids is 3. The Balaban J connectivity index is 1.60. The molecule has 1 fully saturated rings. The van der Waals surface area contributed by atoms with Crippen molar-refractivity contribution in [1.29, 1.82) is 0 Å². The third kappa shape index (κ3) is 5.98. The van der Waals surface area contributed by atoms with Crippen molar-refractivity contribution in [2.45, 2.75) is 25.7 Å². The minimum absolute atomic E-state index is 0.0510. The lowest BCUT2D eigenvalue weighted by Gasteiger charge is -2.14. The van der Waals surface area contributed by atoms with E-state index in [1.807, 2.05) is 0 Å². The summed E-state index contributed by atoms with van der Waals surface area (Å²) in [4.78, 5) is 36.8. The molecule has 6 nitrogen and oxygen atoms in total. The highest BCUT2D eigenvalue weighted by Gasteiger charge is 2.25. The van der Waals surface area contributed by atoms with Crippen LogP contribution in [0.1, 0.15) is 36.0 Å². The second-order valence-corrected chi connectivity index (χ2v) is 7.41. The van der Waals surface area contributed by atoms with Crippen LogP contribution in [-0.4, -0.2) is 39.2 Å². The Morgan fingerprint density at radius 2 is 1.96 bits per heavy atom. The van der Waals surface area contributed by atoms with Gasteiger partial charge in [0.25, 0.3) is 5.91 Å². The van der Waals surface area contributed by atoms with Crippen LogP contribution in [0.4, 0.5) is 0 Å².